The monoisotopic (exact) mass is 458 g/mol. The van der Waals surface area contributed by atoms with Gasteiger partial charge in [-0.25, -0.2) is 9.78 Å². The van der Waals surface area contributed by atoms with Gasteiger partial charge in [-0.05, 0) is 62.2 Å². The third kappa shape index (κ3) is 5.37. The first kappa shape index (κ1) is 22.9. The van der Waals surface area contributed by atoms with Crippen LogP contribution in [0.3, 0.4) is 0 Å². The molecule has 34 heavy (non-hydrogen) atoms. The molecule has 9 nitrogen and oxygen atoms in total. The lowest BCUT2D eigenvalue weighted by atomic mass is 10.0. The fourth-order valence-electron chi connectivity index (χ4n) is 3.56. The Morgan fingerprint density at radius 2 is 2.03 bits per heavy atom. The highest BCUT2D eigenvalue weighted by Crippen LogP contribution is 2.27. The molecule has 1 atom stereocenters. The van der Waals surface area contributed by atoms with Crippen molar-refractivity contribution in [1.29, 1.82) is 0 Å². The summed E-state index contributed by atoms with van der Waals surface area (Å²) in [5, 5.41) is 5.40. The van der Waals surface area contributed by atoms with Crippen molar-refractivity contribution in [2.75, 3.05) is 23.8 Å². The summed E-state index contributed by atoms with van der Waals surface area (Å²) in [5.41, 5.74) is 3.84. The molecule has 2 aromatic heterocycles. The van der Waals surface area contributed by atoms with Crippen LogP contribution >= 0.6 is 0 Å². The number of aromatic nitrogens is 3. The van der Waals surface area contributed by atoms with Crippen molar-refractivity contribution in [2.45, 2.75) is 26.3 Å². The van der Waals surface area contributed by atoms with E-state index in [9.17, 15) is 9.59 Å². The predicted octanol–water partition coefficient (Wildman–Crippen LogP) is 3.97. The SMILES string of the molecule is C=CC(=O)N1CC[C@@H]1COc1ccc(-c2cncc(NC(=O)Nc3ccc(C)nc3)n2)cc1C. The Bertz CT molecular complexity index is 1210. The number of carbonyl (C=O) groups is 2. The van der Waals surface area contributed by atoms with Crippen molar-refractivity contribution < 1.29 is 14.3 Å². The minimum atomic E-state index is -0.433. The maximum absolute atomic E-state index is 12.3. The summed E-state index contributed by atoms with van der Waals surface area (Å²) in [5.74, 6) is 1.00. The molecule has 0 saturated carbocycles. The average molecular weight is 459 g/mol. The first-order chi connectivity index (χ1) is 16.4. The minimum absolute atomic E-state index is 0.0665. The molecule has 174 valence electrons. The van der Waals surface area contributed by atoms with E-state index >= 15 is 0 Å². The molecule has 0 bridgehead atoms. The quantitative estimate of drug-likeness (QED) is 0.519. The molecule has 0 radical (unpaired) electrons. The molecule has 1 aromatic carbocycles. The fraction of sp³-hybridized carbons (Fsp3) is 0.240. The summed E-state index contributed by atoms with van der Waals surface area (Å²) in [6.45, 7) is 8.53. The third-order valence-corrected chi connectivity index (χ3v) is 5.55. The van der Waals surface area contributed by atoms with Gasteiger partial charge < -0.3 is 15.0 Å². The van der Waals surface area contributed by atoms with Gasteiger partial charge in [0, 0.05) is 17.8 Å². The van der Waals surface area contributed by atoms with Crippen LogP contribution in [0.4, 0.5) is 16.3 Å². The van der Waals surface area contributed by atoms with Gasteiger partial charge in [0.05, 0.1) is 36.0 Å². The van der Waals surface area contributed by atoms with Gasteiger partial charge in [0.15, 0.2) is 5.82 Å². The third-order valence-electron chi connectivity index (χ3n) is 5.55. The molecule has 1 aliphatic rings. The van der Waals surface area contributed by atoms with Gasteiger partial charge in [-0.1, -0.05) is 6.58 Å². The second-order valence-corrected chi connectivity index (χ2v) is 8.03. The highest BCUT2D eigenvalue weighted by molar-refractivity contribution is 5.99. The second kappa shape index (κ2) is 10.1. The summed E-state index contributed by atoms with van der Waals surface area (Å²) in [4.78, 5) is 38.7. The lowest BCUT2D eigenvalue weighted by Crippen LogP contribution is -2.53. The Kier molecular flexibility index (Phi) is 6.82. The number of ether oxygens (including phenoxy) is 1. The molecule has 9 heteroatoms. The van der Waals surface area contributed by atoms with Crippen molar-refractivity contribution in [3.63, 3.8) is 0 Å². The molecular formula is C25H26N6O3. The number of pyridine rings is 1. The molecule has 1 aliphatic heterocycles. The van der Waals surface area contributed by atoms with Gasteiger partial charge in [-0.15, -0.1) is 0 Å². The number of amides is 3. The summed E-state index contributed by atoms with van der Waals surface area (Å²) >= 11 is 0. The standard InChI is InChI=1S/C25H26N6O3/c1-4-24(32)31-10-9-20(31)15-34-22-8-6-18(11-16(22)2)21-13-26-14-23(29-21)30-25(33)28-19-7-5-17(3)27-12-19/h4-8,11-14,20H,1,9-10,15H2,2-3H3,(H2,28,29,30,33)/t20-/m1/s1. The zero-order valence-corrected chi connectivity index (χ0v) is 19.1. The van der Waals surface area contributed by atoms with Crippen LogP contribution in [-0.2, 0) is 4.79 Å². The number of benzene rings is 1. The van der Waals surface area contributed by atoms with E-state index < -0.39 is 6.03 Å². The first-order valence-electron chi connectivity index (χ1n) is 10.9. The molecule has 0 spiro atoms. The van der Waals surface area contributed by atoms with Crippen molar-refractivity contribution in [2.24, 2.45) is 0 Å². The van der Waals surface area contributed by atoms with Crippen LogP contribution in [0.1, 0.15) is 17.7 Å². The highest BCUT2D eigenvalue weighted by Gasteiger charge is 2.31. The van der Waals surface area contributed by atoms with Gasteiger partial charge in [-0.3, -0.25) is 20.1 Å². The summed E-state index contributed by atoms with van der Waals surface area (Å²) in [7, 11) is 0. The Balaban J connectivity index is 1.38. The molecule has 3 heterocycles. The lowest BCUT2D eigenvalue weighted by molar-refractivity contribution is -0.134. The summed E-state index contributed by atoms with van der Waals surface area (Å²) < 4.78 is 5.96. The van der Waals surface area contributed by atoms with Crippen LogP contribution in [0.15, 0.2) is 61.6 Å². The molecule has 4 rings (SSSR count). The number of urea groups is 1. The number of rotatable bonds is 7. The molecule has 0 aliphatic carbocycles. The van der Waals surface area contributed by atoms with Crippen LogP contribution in [-0.4, -0.2) is 51.0 Å². The van der Waals surface area contributed by atoms with E-state index in [-0.39, 0.29) is 11.9 Å². The maximum atomic E-state index is 12.3. The van der Waals surface area contributed by atoms with E-state index in [1.165, 1.54) is 12.3 Å². The Morgan fingerprint density at radius 3 is 2.71 bits per heavy atom. The number of nitrogens with zero attached hydrogens (tertiary/aromatic N) is 4. The number of likely N-dealkylation sites (tertiary alicyclic amines) is 1. The number of aryl methyl sites for hydroxylation is 2. The molecule has 3 amide bonds. The van der Waals surface area contributed by atoms with Gasteiger partial charge in [0.25, 0.3) is 0 Å². The largest absolute Gasteiger partial charge is 0.491 e. The average Bonchev–Trinajstić information content (AvgIpc) is 2.81. The number of hydrogen-bond acceptors (Lipinski definition) is 6. The van der Waals surface area contributed by atoms with E-state index in [0.717, 1.165) is 35.5 Å². The normalized spacial score (nSPS) is 14.6. The minimum Gasteiger partial charge on any atom is -0.491 e. The molecular weight excluding hydrogens is 432 g/mol. The van der Waals surface area contributed by atoms with Crippen LogP contribution in [0.5, 0.6) is 5.75 Å². The number of nitrogens with one attached hydrogen (secondary N) is 2. The van der Waals surface area contributed by atoms with E-state index in [2.05, 4.69) is 32.2 Å². The van der Waals surface area contributed by atoms with Gasteiger partial charge >= 0.3 is 6.03 Å². The molecule has 1 saturated heterocycles. The molecule has 3 aromatic rings. The zero-order chi connectivity index (χ0) is 24.1. The van der Waals surface area contributed by atoms with Crippen molar-refractivity contribution in [3.8, 4) is 17.0 Å². The lowest BCUT2D eigenvalue weighted by Gasteiger charge is -2.40. The Labute approximate surface area is 197 Å². The smallest absolute Gasteiger partial charge is 0.324 e. The Hall–Kier alpha value is -4.27. The molecule has 2 N–H and O–H groups in total. The molecule has 1 fully saturated rings. The van der Waals surface area contributed by atoms with E-state index in [0.29, 0.717) is 23.8 Å². The van der Waals surface area contributed by atoms with Crippen LogP contribution in [0.2, 0.25) is 0 Å². The van der Waals surface area contributed by atoms with Gasteiger partial charge in [0.2, 0.25) is 5.91 Å². The van der Waals surface area contributed by atoms with E-state index in [1.54, 1.807) is 23.4 Å². The van der Waals surface area contributed by atoms with Gasteiger partial charge in [0.1, 0.15) is 12.4 Å². The molecule has 0 unspecified atom stereocenters. The van der Waals surface area contributed by atoms with E-state index in [1.807, 2.05) is 38.1 Å². The van der Waals surface area contributed by atoms with Crippen molar-refractivity contribution >= 4 is 23.4 Å². The second-order valence-electron chi connectivity index (χ2n) is 8.03. The number of carbonyl (C=O) groups excluding carboxylic acids is 2. The Morgan fingerprint density at radius 1 is 1.18 bits per heavy atom. The predicted molar refractivity (Wildman–Crippen MR) is 130 cm³/mol. The summed E-state index contributed by atoms with van der Waals surface area (Å²) in [6.07, 6.45) is 6.95. The number of hydrogen-bond donors (Lipinski definition) is 2. The number of anilines is 2. The van der Waals surface area contributed by atoms with Crippen molar-refractivity contribution in [3.05, 3.63) is 72.8 Å². The topological polar surface area (TPSA) is 109 Å². The maximum Gasteiger partial charge on any atom is 0.324 e. The van der Waals surface area contributed by atoms with Crippen LogP contribution < -0.4 is 15.4 Å². The van der Waals surface area contributed by atoms with Crippen LogP contribution in [0, 0.1) is 13.8 Å². The highest BCUT2D eigenvalue weighted by atomic mass is 16.5. The van der Waals surface area contributed by atoms with Crippen LogP contribution in [0.25, 0.3) is 11.3 Å². The van der Waals surface area contributed by atoms with Gasteiger partial charge in [-0.2, -0.15) is 0 Å². The van der Waals surface area contributed by atoms with E-state index in [4.69, 9.17) is 4.74 Å². The fourth-order valence-corrected chi connectivity index (χ4v) is 3.56. The first-order valence-corrected chi connectivity index (χ1v) is 10.9. The zero-order valence-electron chi connectivity index (χ0n) is 19.1. The van der Waals surface area contributed by atoms with Crippen molar-refractivity contribution in [1.82, 2.24) is 19.9 Å². The summed E-state index contributed by atoms with van der Waals surface area (Å²) in [6, 6.07) is 8.94.